The molecule has 6 unspecified atom stereocenters. The number of aldehydes is 1. The Labute approximate surface area is 217 Å². The van der Waals surface area contributed by atoms with Gasteiger partial charge in [-0.3, -0.25) is 4.90 Å². The van der Waals surface area contributed by atoms with Gasteiger partial charge in [-0.1, -0.05) is 0 Å². The van der Waals surface area contributed by atoms with Crippen LogP contribution in [-0.2, 0) is 23.7 Å². The molecule has 0 aliphatic carbocycles. The summed E-state index contributed by atoms with van der Waals surface area (Å²) in [5, 5.41) is 78.2. The molecular formula is C23H47NO13. The Morgan fingerprint density at radius 3 is 1.32 bits per heavy atom. The fourth-order valence-corrected chi connectivity index (χ4v) is 3.21. The highest BCUT2D eigenvalue weighted by Gasteiger charge is 2.30. The van der Waals surface area contributed by atoms with E-state index in [9.17, 15) is 35.4 Å². The molecule has 6 atom stereocenters. The summed E-state index contributed by atoms with van der Waals surface area (Å²) in [5.74, 6) is 0. The predicted molar refractivity (Wildman–Crippen MR) is 130 cm³/mol. The number of aliphatic hydroxyl groups excluding tert-OH is 8. The molecule has 0 heterocycles. The molecule has 0 spiro atoms. The highest BCUT2D eigenvalue weighted by Crippen LogP contribution is 2.10. The Morgan fingerprint density at radius 2 is 0.946 bits per heavy atom. The van der Waals surface area contributed by atoms with Gasteiger partial charge in [-0.2, -0.15) is 0 Å². The lowest BCUT2D eigenvalue weighted by Gasteiger charge is -2.32. The van der Waals surface area contributed by atoms with Crippen LogP contribution in [-0.4, -0.2) is 174 Å². The molecule has 14 heteroatoms. The molecule has 0 radical (unpaired) electrons. The van der Waals surface area contributed by atoms with E-state index in [-0.39, 0.29) is 58.9 Å². The smallest absolute Gasteiger partial charge is 0.122 e. The quantitative estimate of drug-likeness (QED) is 0.0363. The Kier molecular flexibility index (Phi) is 23.7. The maximum absolute atomic E-state index is 10.3. The van der Waals surface area contributed by atoms with E-state index in [0.717, 1.165) is 6.29 Å². The van der Waals surface area contributed by atoms with Gasteiger partial charge in [0, 0.05) is 39.3 Å². The molecule has 14 nitrogen and oxygen atoms in total. The molecule has 0 bridgehead atoms. The number of carbonyl (C=O) groups excluding carboxylic acids is 1. The van der Waals surface area contributed by atoms with Crippen molar-refractivity contribution >= 4 is 6.29 Å². The average Bonchev–Trinajstić information content (AvgIpc) is 2.87. The second kappa shape index (κ2) is 24.2. The van der Waals surface area contributed by atoms with E-state index in [4.69, 9.17) is 29.2 Å². The predicted octanol–water partition coefficient (Wildman–Crippen LogP) is -4.13. The van der Waals surface area contributed by atoms with Crippen LogP contribution in [0.2, 0.25) is 0 Å². The molecule has 0 amide bonds. The topological polar surface area (TPSA) is 219 Å². The molecular weight excluding hydrogens is 498 g/mol. The maximum atomic E-state index is 10.3. The van der Waals surface area contributed by atoms with Crippen LogP contribution in [0.4, 0.5) is 0 Å². The van der Waals surface area contributed by atoms with Crippen molar-refractivity contribution in [3.05, 3.63) is 0 Å². The molecule has 0 saturated heterocycles. The van der Waals surface area contributed by atoms with Gasteiger partial charge in [-0.15, -0.1) is 0 Å². The first kappa shape index (κ1) is 36.1. The first-order valence-corrected chi connectivity index (χ1v) is 12.6. The monoisotopic (exact) mass is 545 g/mol. The molecule has 0 rings (SSSR count). The van der Waals surface area contributed by atoms with Crippen molar-refractivity contribution in [1.29, 1.82) is 0 Å². The van der Waals surface area contributed by atoms with E-state index >= 15 is 0 Å². The third-order valence-corrected chi connectivity index (χ3v) is 5.37. The number of hydrogen-bond donors (Lipinski definition) is 8. The number of carbonyl (C=O) groups is 1. The van der Waals surface area contributed by atoms with Crippen molar-refractivity contribution in [1.82, 2.24) is 4.90 Å². The van der Waals surface area contributed by atoms with Crippen molar-refractivity contribution < 1.29 is 64.6 Å². The van der Waals surface area contributed by atoms with Crippen LogP contribution in [0.5, 0.6) is 0 Å². The van der Waals surface area contributed by atoms with Crippen LogP contribution in [0.3, 0.4) is 0 Å². The normalized spacial score (nSPS) is 16.9. The number of rotatable bonds is 27. The van der Waals surface area contributed by atoms with Gasteiger partial charge < -0.3 is 64.6 Å². The van der Waals surface area contributed by atoms with Gasteiger partial charge in [0.25, 0.3) is 0 Å². The van der Waals surface area contributed by atoms with E-state index in [1.54, 1.807) is 0 Å². The summed E-state index contributed by atoms with van der Waals surface area (Å²) >= 11 is 0. The zero-order chi connectivity index (χ0) is 27.9. The van der Waals surface area contributed by atoms with E-state index in [2.05, 4.69) is 0 Å². The van der Waals surface area contributed by atoms with Crippen LogP contribution in [0, 0.1) is 0 Å². The van der Waals surface area contributed by atoms with E-state index in [0.29, 0.717) is 46.1 Å². The second-order valence-electron chi connectivity index (χ2n) is 8.44. The number of nitrogens with zero attached hydrogens (tertiary/aromatic N) is 1. The van der Waals surface area contributed by atoms with Crippen molar-refractivity contribution in [2.75, 3.05) is 85.7 Å². The van der Waals surface area contributed by atoms with Crippen LogP contribution in [0.15, 0.2) is 0 Å². The van der Waals surface area contributed by atoms with Gasteiger partial charge in [0.05, 0.1) is 77.3 Å². The molecule has 0 aromatic rings. The molecule has 0 fully saturated rings. The molecule has 222 valence electrons. The van der Waals surface area contributed by atoms with Gasteiger partial charge in [0.1, 0.15) is 18.5 Å². The van der Waals surface area contributed by atoms with Crippen molar-refractivity contribution in [3.63, 3.8) is 0 Å². The number of hydrogen-bond acceptors (Lipinski definition) is 14. The van der Waals surface area contributed by atoms with E-state index in [1.165, 1.54) is 4.90 Å². The molecule has 0 aliphatic rings. The summed E-state index contributed by atoms with van der Waals surface area (Å²) in [5.41, 5.74) is 0. The van der Waals surface area contributed by atoms with Crippen LogP contribution >= 0.6 is 0 Å². The molecule has 0 aliphatic heterocycles. The summed E-state index contributed by atoms with van der Waals surface area (Å²) in [6.45, 7) is 1.62. The Morgan fingerprint density at radius 1 is 0.568 bits per heavy atom. The highest BCUT2D eigenvalue weighted by molar-refractivity contribution is 5.49. The fraction of sp³-hybridized carbons (Fsp3) is 0.957. The van der Waals surface area contributed by atoms with Crippen LogP contribution in [0.1, 0.15) is 19.3 Å². The molecule has 37 heavy (non-hydrogen) atoms. The minimum Gasteiger partial charge on any atom is -0.396 e. The zero-order valence-corrected chi connectivity index (χ0v) is 21.4. The van der Waals surface area contributed by atoms with Gasteiger partial charge in [0.2, 0.25) is 0 Å². The average molecular weight is 546 g/mol. The fourth-order valence-electron chi connectivity index (χ4n) is 3.21. The number of ether oxygens (including phenoxy) is 4. The van der Waals surface area contributed by atoms with Gasteiger partial charge in [0.15, 0.2) is 0 Å². The minimum atomic E-state index is -1.55. The highest BCUT2D eigenvalue weighted by atomic mass is 16.6. The minimum absolute atomic E-state index is 0.129. The molecule has 0 saturated carbocycles. The summed E-state index contributed by atoms with van der Waals surface area (Å²) in [7, 11) is 0. The Bertz CT molecular complexity index is 493. The van der Waals surface area contributed by atoms with E-state index < -0.39 is 36.6 Å². The summed E-state index contributed by atoms with van der Waals surface area (Å²) in [6.07, 6.45) is -7.76. The summed E-state index contributed by atoms with van der Waals surface area (Å²) < 4.78 is 21.3. The standard InChI is InChI=1S/C23H47NO13/c25-5-1-8-34-10-12-36-14-15-37-13-11-35-9-4-24(16-20(30)22(32)18(28)2-6-26)17-21(31)23(33)19(29)3-7-27/h5,18-23,26-33H,1-4,6-17H2. The van der Waals surface area contributed by atoms with E-state index in [1.807, 2.05) is 0 Å². The SMILES string of the molecule is O=CCCOCCOCCOCCOCCN(CC(O)C(O)C(O)CCO)CC(O)C(O)C(O)CCO. The number of aliphatic hydroxyl groups is 8. The van der Waals surface area contributed by atoms with Crippen molar-refractivity contribution in [2.24, 2.45) is 0 Å². The largest absolute Gasteiger partial charge is 0.396 e. The van der Waals surface area contributed by atoms with Gasteiger partial charge in [-0.05, 0) is 12.8 Å². The maximum Gasteiger partial charge on any atom is 0.122 e. The first-order chi connectivity index (χ1) is 17.8. The Balaban J connectivity index is 4.38. The van der Waals surface area contributed by atoms with Gasteiger partial charge in [-0.25, -0.2) is 0 Å². The molecule has 0 aromatic carbocycles. The van der Waals surface area contributed by atoms with Gasteiger partial charge >= 0.3 is 0 Å². The summed E-state index contributed by atoms with van der Waals surface area (Å²) in [4.78, 5) is 11.6. The van der Waals surface area contributed by atoms with Crippen molar-refractivity contribution in [3.8, 4) is 0 Å². The lowest BCUT2D eigenvalue weighted by Crippen LogP contribution is -2.50. The molecule has 0 aromatic heterocycles. The third-order valence-electron chi connectivity index (χ3n) is 5.37. The lowest BCUT2D eigenvalue weighted by molar-refractivity contribution is -0.109. The zero-order valence-electron chi connectivity index (χ0n) is 21.4. The first-order valence-electron chi connectivity index (χ1n) is 12.6. The second-order valence-corrected chi connectivity index (χ2v) is 8.44. The van der Waals surface area contributed by atoms with Crippen LogP contribution in [0.25, 0.3) is 0 Å². The molecule has 8 N–H and O–H groups in total. The lowest BCUT2D eigenvalue weighted by atomic mass is 10.0. The third kappa shape index (κ3) is 18.9. The Hall–Kier alpha value is -0.850. The van der Waals surface area contributed by atoms with Crippen molar-refractivity contribution in [2.45, 2.75) is 55.9 Å². The van der Waals surface area contributed by atoms with Crippen LogP contribution < -0.4 is 0 Å². The summed E-state index contributed by atoms with van der Waals surface area (Å²) in [6, 6.07) is 0.